The molecule has 1 aliphatic rings. The van der Waals surface area contributed by atoms with Crippen molar-refractivity contribution in [2.75, 3.05) is 25.1 Å². The zero-order chi connectivity index (χ0) is 18.9. The fourth-order valence-electron chi connectivity index (χ4n) is 2.68. The Morgan fingerprint density at radius 2 is 1.85 bits per heavy atom. The number of amides is 1. The number of benzene rings is 2. The Bertz CT molecular complexity index is 944. The van der Waals surface area contributed by atoms with E-state index in [9.17, 15) is 13.2 Å². The van der Waals surface area contributed by atoms with Gasteiger partial charge in [-0.05, 0) is 24.3 Å². The van der Waals surface area contributed by atoms with Crippen molar-refractivity contribution in [2.24, 2.45) is 5.73 Å². The molecule has 0 saturated heterocycles. The van der Waals surface area contributed by atoms with Gasteiger partial charge in [-0.1, -0.05) is 12.1 Å². The normalized spacial score (nSPS) is 16.4. The van der Waals surface area contributed by atoms with Crippen molar-refractivity contribution in [3.63, 3.8) is 0 Å². The van der Waals surface area contributed by atoms with Gasteiger partial charge in [0.1, 0.15) is 5.75 Å². The van der Waals surface area contributed by atoms with Gasteiger partial charge in [-0.3, -0.25) is 9.10 Å². The lowest BCUT2D eigenvalue weighted by atomic mass is 10.2. The number of rotatable bonds is 5. The maximum atomic E-state index is 13.2. The molecule has 138 valence electrons. The Labute approximate surface area is 151 Å². The summed E-state index contributed by atoms with van der Waals surface area (Å²) in [5, 5.41) is 0. The van der Waals surface area contributed by atoms with Crippen molar-refractivity contribution in [1.82, 2.24) is 0 Å². The largest absolute Gasteiger partial charge is 0.493 e. The van der Waals surface area contributed by atoms with Crippen LogP contribution in [0.2, 0.25) is 0 Å². The van der Waals surface area contributed by atoms with E-state index in [1.54, 1.807) is 24.3 Å². The summed E-state index contributed by atoms with van der Waals surface area (Å²) < 4.78 is 43.4. The molecule has 0 fully saturated rings. The Kier molecular flexibility index (Phi) is 4.64. The molecule has 0 aliphatic carbocycles. The van der Waals surface area contributed by atoms with Crippen LogP contribution in [0.25, 0.3) is 0 Å². The molecule has 2 N–H and O–H groups in total. The van der Waals surface area contributed by atoms with Crippen LogP contribution in [-0.2, 0) is 14.8 Å². The summed E-state index contributed by atoms with van der Waals surface area (Å²) in [5.41, 5.74) is 5.66. The molecular formula is C17H18N2O6S. The summed E-state index contributed by atoms with van der Waals surface area (Å²) in [6, 6.07) is 10.8. The van der Waals surface area contributed by atoms with E-state index in [0.717, 1.165) is 4.31 Å². The summed E-state index contributed by atoms with van der Waals surface area (Å²) in [5.74, 6) is 0.212. The topological polar surface area (TPSA) is 108 Å². The van der Waals surface area contributed by atoms with Gasteiger partial charge in [-0.15, -0.1) is 0 Å². The number of sulfonamides is 1. The molecule has 0 aromatic heterocycles. The van der Waals surface area contributed by atoms with Crippen LogP contribution < -0.4 is 24.2 Å². The quantitative estimate of drug-likeness (QED) is 0.836. The first-order valence-corrected chi connectivity index (χ1v) is 9.12. The Hall–Kier alpha value is -2.94. The maximum absolute atomic E-state index is 13.2. The molecule has 9 heteroatoms. The van der Waals surface area contributed by atoms with Gasteiger partial charge in [-0.25, -0.2) is 8.42 Å². The Balaban J connectivity index is 2.10. The number of primary amides is 1. The van der Waals surface area contributed by atoms with E-state index in [1.165, 1.54) is 32.4 Å². The average molecular weight is 378 g/mol. The molecule has 8 nitrogen and oxygen atoms in total. The highest BCUT2D eigenvalue weighted by Gasteiger charge is 2.36. The lowest BCUT2D eigenvalue weighted by Crippen LogP contribution is -2.49. The number of para-hydroxylation sites is 2. The third kappa shape index (κ3) is 3.01. The van der Waals surface area contributed by atoms with Crippen LogP contribution in [-0.4, -0.2) is 41.2 Å². The number of hydrogen-bond donors (Lipinski definition) is 1. The van der Waals surface area contributed by atoms with Gasteiger partial charge in [0.25, 0.3) is 15.9 Å². The summed E-state index contributed by atoms with van der Waals surface area (Å²) >= 11 is 0. The monoisotopic (exact) mass is 378 g/mol. The number of fused-ring (bicyclic) bond motifs is 1. The first kappa shape index (κ1) is 17.9. The van der Waals surface area contributed by atoms with Gasteiger partial charge in [0.05, 0.1) is 31.3 Å². The standard InChI is InChI=1S/C17H18N2O6S/c1-23-14-8-7-11(9-15(14)24-2)26(21,22)19-10-16(17(18)20)25-13-6-4-3-5-12(13)19/h3-9,16H,10H2,1-2H3,(H2,18,20)/t16-/m0/s1. The number of anilines is 1. The van der Waals surface area contributed by atoms with E-state index >= 15 is 0 Å². The molecule has 1 atom stereocenters. The van der Waals surface area contributed by atoms with Crippen molar-refractivity contribution in [1.29, 1.82) is 0 Å². The highest BCUT2D eigenvalue weighted by molar-refractivity contribution is 7.92. The van der Waals surface area contributed by atoms with Crippen molar-refractivity contribution in [3.05, 3.63) is 42.5 Å². The van der Waals surface area contributed by atoms with Gasteiger partial charge in [0.2, 0.25) is 0 Å². The summed E-state index contributed by atoms with van der Waals surface area (Å²) in [7, 11) is -1.11. The fourth-order valence-corrected chi connectivity index (χ4v) is 4.17. The number of carbonyl (C=O) groups is 1. The molecule has 2 aromatic carbocycles. The van der Waals surface area contributed by atoms with E-state index in [-0.39, 0.29) is 22.9 Å². The minimum Gasteiger partial charge on any atom is -0.493 e. The van der Waals surface area contributed by atoms with Gasteiger partial charge >= 0.3 is 0 Å². The van der Waals surface area contributed by atoms with Crippen LogP contribution in [0, 0.1) is 0 Å². The lowest BCUT2D eigenvalue weighted by molar-refractivity contribution is -0.124. The minimum absolute atomic E-state index is 0.00456. The van der Waals surface area contributed by atoms with Gasteiger partial charge in [-0.2, -0.15) is 0 Å². The van der Waals surface area contributed by atoms with Crippen molar-refractivity contribution in [2.45, 2.75) is 11.0 Å². The second kappa shape index (κ2) is 6.75. The Morgan fingerprint density at radius 3 is 2.50 bits per heavy atom. The maximum Gasteiger partial charge on any atom is 0.264 e. The number of nitrogens with two attached hydrogens (primary N) is 1. The number of carbonyl (C=O) groups excluding carboxylic acids is 1. The summed E-state index contributed by atoms with van der Waals surface area (Å²) in [4.78, 5) is 11.6. The van der Waals surface area contributed by atoms with Crippen LogP contribution in [0.5, 0.6) is 17.2 Å². The molecule has 26 heavy (non-hydrogen) atoms. The first-order valence-electron chi connectivity index (χ1n) is 7.68. The van der Waals surface area contributed by atoms with Crippen LogP contribution in [0.3, 0.4) is 0 Å². The van der Waals surface area contributed by atoms with Gasteiger partial charge < -0.3 is 19.9 Å². The van der Waals surface area contributed by atoms with E-state index in [2.05, 4.69) is 0 Å². The SMILES string of the molecule is COc1ccc(S(=O)(=O)N2C[C@@H](C(N)=O)Oc3ccccc32)cc1OC. The molecule has 1 heterocycles. The molecular weight excluding hydrogens is 360 g/mol. The molecule has 2 aromatic rings. The molecule has 1 aliphatic heterocycles. The van der Waals surface area contributed by atoms with Gasteiger partial charge in [0.15, 0.2) is 17.6 Å². The molecule has 3 rings (SSSR count). The van der Waals surface area contributed by atoms with Gasteiger partial charge in [0, 0.05) is 6.07 Å². The smallest absolute Gasteiger partial charge is 0.264 e. The lowest BCUT2D eigenvalue weighted by Gasteiger charge is -2.34. The van der Waals surface area contributed by atoms with E-state index < -0.39 is 22.0 Å². The molecule has 0 radical (unpaired) electrons. The highest BCUT2D eigenvalue weighted by atomic mass is 32.2. The number of nitrogens with zero attached hydrogens (tertiary/aromatic N) is 1. The van der Waals surface area contributed by atoms with Crippen molar-refractivity contribution in [3.8, 4) is 17.2 Å². The fraction of sp³-hybridized carbons (Fsp3) is 0.235. The van der Waals surface area contributed by atoms with E-state index in [0.29, 0.717) is 11.4 Å². The third-order valence-corrected chi connectivity index (χ3v) is 5.77. The number of ether oxygens (including phenoxy) is 3. The minimum atomic E-state index is -3.99. The summed E-state index contributed by atoms with van der Waals surface area (Å²) in [6.07, 6.45) is -1.08. The zero-order valence-corrected chi connectivity index (χ0v) is 15.0. The van der Waals surface area contributed by atoms with Crippen LogP contribution in [0.4, 0.5) is 5.69 Å². The average Bonchev–Trinajstić information content (AvgIpc) is 2.66. The predicted molar refractivity (Wildman–Crippen MR) is 94.1 cm³/mol. The van der Waals surface area contributed by atoms with Crippen LogP contribution >= 0.6 is 0 Å². The van der Waals surface area contributed by atoms with E-state index in [4.69, 9.17) is 19.9 Å². The second-order valence-electron chi connectivity index (χ2n) is 5.53. The molecule has 1 amide bonds. The summed E-state index contributed by atoms with van der Waals surface area (Å²) in [6.45, 7) is -0.219. The van der Waals surface area contributed by atoms with Crippen LogP contribution in [0.15, 0.2) is 47.4 Å². The second-order valence-corrected chi connectivity index (χ2v) is 7.39. The molecule has 0 unspecified atom stereocenters. The molecule has 0 saturated carbocycles. The van der Waals surface area contributed by atoms with Crippen LogP contribution in [0.1, 0.15) is 0 Å². The Morgan fingerprint density at radius 1 is 1.15 bits per heavy atom. The predicted octanol–water partition coefficient (Wildman–Crippen LogP) is 1.15. The van der Waals surface area contributed by atoms with E-state index in [1.807, 2.05) is 0 Å². The number of methoxy groups -OCH3 is 2. The highest BCUT2D eigenvalue weighted by Crippen LogP contribution is 2.38. The molecule has 0 spiro atoms. The number of hydrogen-bond acceptors (Lipinski definition) is 6. The van der Waals surface area contributed by atoms with Crippen molar-refractivity contribution >= 4 is 21.6 Å². The molecule has 0 bridgehead atoms. The first-order chi connectivity index (χ1) is 12.4. The zero-order valence-electron chi connectivity index (χ0n) is 14.2. The van der Waals surface area contributed by atoms with Crippen molar-refractivity contribution < 1.29 is 27.4 Å². The third-order valence-electron chi connectivity index (χ3n) is 4.00.